The summed E-state index contributed by atoms with van der Waals surface area (Å²) in [5.74, 6) is 0.487. The predicted octanol–water partition coefficient (Wildman–Crippen LogP) is 1.77. The fraction of sp³-hybridized carbons (Fsp3) is 0.300. The Bertz CT molecular complexity index is 936. The molecule has 2 heterocycles. The average molecular weight is 365 g/mol. The van der Waals surface area contributed by atoms with Crippen molar-refractivity contribution in [3.63, 3.8) is 0 Å². The molecule has 0 saturated carbocycles. The number of hydrogen-bond acceptors (Lipinski definition) is 4. The van der Waals surface area contributed by atoms with Crippen molar-refractivity contribution < 1.29 is 9.59 Å². The third-order valence-electron chi connectivity index (χ3n) is 4.36. The van der Waals surface area contributed by atoms with Crippen LogP contribution in [0.25, 0.3) is 11.0 Å². The maximum absolute atomic E-state index is 12.4. The summed E-state index contributed by atoms with van der Waals surface area (Å²) < 4.78 is 1.90. The maximum atomic E-state index is 12.4. The lowest BCUT2D eigenvalue weighted by molar-refractivity contribution is -0.132. The zero-order valence-corrected chi connectivity index (χ0v) is 15.6. The maximum Gasteiger partial charge on any atom is 0.242 e. The Morgan fingerprint density at radius 3 is 2.74 bits per heavy atom. The van der Waals surface area contributed by atoms with Gasteiger partial charge in [0, 0.05) is 32.4 Å². The van der Waals surface area contributed by atoms with E-state index in [1.54, 1.807) is 24.3 Å². The van der Waals surface area contributed by atoms with Crippen LogP contribution in [-0.2, 0) is 29.1 Å². The molecular formula is C20H23N5O2. The molecule has 0 aliphatic carbocycles. The number of imidazole rings is 1. The quantitative estimate of drug-likeness (QED) is 0.692. The Labute approximate surface area is 158 Å². The van der Waals surface area contributed by atoms with Crippen LogP contribution in [0.5, 0.6) is 0 Å². The van der Waals surface area contributed by atoms with Crippen molar-refractivity contribution in [3.8, 4) is 0 Å². The summed E-state index contributed by atoms with van der Waals surface area (Å²) in [5, 5.41) is 2.71. The van der Waals surface area contributed by atoms with Gasteiger partial charge >= 0.3 is 0 Å². The van der Waals surface area contributed by atoms with Gasteiger partial charge in [0.25, 0.3) is 0 Å². The normalized spacial score (nSPS) is 10.7. The lowest BCUT2D eigenvalue weighted by Gasteiger charge is -2.17. The summed E-state index contributed by atoms with van der Waals surface area (Å²) >= 11 is 0. The van der Waals surface area contributed by atoms with Crippen molar-refractivity contribution in [2.75, 3.05) is 13.6 Å². The number of hydrogen-bond donors (Lipinski definition) is 1. The molecule has 0 saturated heterocycles. The van der Waals surface area contributed by atoms with Crippen LogP contribution in [0.15, 0.2) is 48.8 Å². The zero-order chi connectivity index (χ0) is 19.2. The molecule has 0 unspecified atom stereocenters. The molecule has 7 nitrogen and oxygen atoms in total. The summed E-state index contributed by atoms with van der Waals surface area (Å²) in [4.78, 5) is 34.8. The van der Waals surface area contributed by atoms with Crippen molar-refractivity contribution >= 4 is 22.8 Å². The minimum atomic E-state index is -0.212. The van der Waals surface area contributed by atoms with Crippen molar-refractivity contribution in [2.45, 2.75) is 26.4 Å². The first-order valence-corrected chi connectivity index (χ1v) is 8.92. The molecule has 140 valence electrons. The molecule has 3 rings (SSSR count). The summed E-state index contributed by atoms with van der Waals surface area (Å²) in [6.07, 6.45) is 4.14. The molecule has 1 aromatic carbocycles. The number of pyridine rings is 1. The fourth-order valence-corrected chi connectivity index (χ4v) is 2.93. The highest BCUT2D eigenvalue weighted by atomic mass is 16.2. The molecule has 0 aliphatic heterocycles. The monoisotopic (exact) mass is 365 g/mol. The molecule has 7 heteroatoms. The second-order valence-electron chi connectivity index (χ2n) is 6.34. The molecule has 0 atom stereocenters. The molecule has 0 bridgehead atoms. The van der Waals surface area contributed by atoms with Crippen LogP contribution in [0.2, 0.25) is 0 Å². The van der Waals surface area contributed by atoms with E-state index >= 15 is 0 Å². The van der Waals surface area contributed by atoms with Gasteiger partial charge in [-0.25, -0.2) is 4.98 Å². The summed E-state index contributed by atoms with van der Waals surface area (Å²) in [6, 6.07) is 11.5. The molecule has 27 heavy (non-hydrogen) atoms. The van der Waals surface area contributed by atoms with Crippen LogP contribution in [0.3, 0.4) is 0 Å². The molecule has 2 amide bonds. The van der Waals surface area contributed by atoms with Gasteiger partial charge in [-0.2, -0.15) is 0 Å². The first kappa shape index (κ1) is 18.6. The van der Waals surface area contributed by atoms with Crippen molar-refractivity contribution in [3.05, 3.63) is 60.2 Å². The topological polar surface area (TPSA) is 80.1 Å². The Hall–Kier alpha value is -3.22. The van der Waals surface area contributed by atoms with Crippen molar-refractivity contribution in [2.24, 2.45) is 0 Å². The second-order valence-corrected chi connectivity index (χ2v) is 6.34. The number of nitrogens with zero attached hydrogens (tertiary/aromatic N) is 4. The highest BCUT2D eigenvalue weighted by molar-refractivity contribution is 5.85. The van der Waals surface area contributed by atoms with E-state index in [9.17, 15) is 9.59 Å². The number of aromatic nitrogens is 3. The van der Waals surface area contributed by atoms with Gasteiger partial charge in [-0.15, -0.1) is 0 Å². The van der Waals surface area contributed by atoms with E-state index in [0.29, 0.717) is 6.54 Å². The number of para-hydroxylation sites is 2. The molecule has 0 radical (unpaired) electrons. The highest BCUT2D eigenvalue weighted by Crippen LogP contribution is 2.16. The molecule has 0 spiro atoms. The van der Waals surface area contributed by atoms with E-state index < -0.39 is 0 Å². The van der Waals surface area contributed by atoms with E-state index in [4.69, 9.17) is 0 Å². The van der Waals surface area contributed by atoms with Crippen LogP contribution in [-0.4, -0.2) is 44.8 Å². The Morgan fingerprint density at radius 1 is 1.19 bits per heavy atom. The Balaban J connectivity index is 1.57. The van der Waals surface area contributed by atoms with E-state index in [1.165, 1.54) is 0 Å². The van der Waals surface area contributed by atoms with Gasteiger partial charge in [-0.1, -0.05) is 25.1 Å². The number of likely N-dealkylation sites (N-methyl/N-ethyl adjacent to an activating group) is 1. The van der Waals surface area contributed by atoms with E-state index in [1.807, 2.05) is 47.9 Å². The smallest absolute Gasteiger partial charge is 0.242 e. The van der Waals surface area contributed by atoms with E-state index in [-0.39, 0.29) is 24.9 Å². The van der Waals surface area contributed by atoms with Gasteiger partial charge < -0.3 is 14.8 Å². The molecule has 3 aromatic rings. The van der Waals surface area contributed by atoms with Crippen molar-refractivity contribution in [1.29, 1.82) is 0 Å². The molecule has 2 aromatic heterocycles. The minimum Gasteiger partial charge on any atom is -0.345 e. The van der Waals surface area contributed by atoms with Crippen molar-refractivity contribution in [1.82, 2.24) is 24.8 Å². The Kier molecular flexibility index (Phi) is 5.80. The van der Waals surface area contributed by atoms with Crippen LogP contribution in [0.4, 0.5) is 0 Å². The van der Waals surface area contributed by atoms with Gasteiger partial charge in [0.15, 0.2) is 0 Å². The summed E-state index contributed by atoms with van der Waals surface area (Å²) in [5.41, 5.74) is 2.73. The first-order chi connectivity index (χ1) is 13.1. The standard InChI is InChI=1S/C20H23N5O2/c1-3-18-23-16-8-4-5-9-17(16)25(18)14-19(26)22-12-20(27)24(2)13-15-7-6-10-21-11-15/h4-11H,3,12-14H2,1-2H3,(H,22,26). The summed E-state index contributed by atoms with van der Waals surface area (Å²) in [6.45, 7) is 2.56. The third kappa shape index (κ3) is 4.49. The van der Waals surface area contributed by atoms with Gasteiger partial charge in [0.2, 0.25) is 11.8 Å². The Morgan fingerprint density at radius 2 is 2.00 bits per heavy atom. The van der Waals surface area contributed by atoms with Crippen LogP contribution in [0.1, 0.15) is 18.3 Å². The third-order valence-corrected chi connectivity index (χ3v) is 4.36. The number of carbonyl (C=O) groups excluding carboxylic acids is 2. The van der Waals surface area contributed by atoms with Crippen LogP contribution >= 0.6 is 0 Å². The number of carbonyl (C=O) groups is 2. The van der Waals surface area contributed by atoms with Gasteiger partial charge in [-0.05, 0) is 23.8 Å². The summed E-state index contributed by atoms with van der Waals surface area (Å²) in [7, 11) is 1.71. The highest BCUT2D eigenvalue weighted by Gasteiger charge is 2.14. The number of rotatable bonds is 7. The average Bonchev–Trinajstić information content (AvgIpc) is 3.04. The number of amides is 2. The zero-order valence-electron chi connectivity index (χ0n) is 15.6. The van der Waals surface area contributed by atoms with E-state index in [0.717, 1.165) is 28.8 Å². The van der Waals surface area contributed by atoms with Gasteiger partial charge in [-0.3, -0.25) is 14.6 Å². The van der Waals surface area contributed by atoms with E-state index in [2.05, 4.69) is 15.3 Å². The fourth-order valence-electron chi connectivity index (χ4n) is 2.93. The molecule has 1 N–H and O–H groups in total. The second kappa shape index (κ2) is 8.44. The van der Waals surface area contributed by atoms with Gasteiger partial charge in [0.1, 0.15) is 12.4 Å². The predicted molar refractivity (Wildman–Crippen MR) is 103 cm³/mol. The minimum absolute atomic E-state index is 0.0380. The largest absolute Gasteiger partial charge is 0.345 e. The lowest BCUT2D eigenvalue weighted by atomic mass is 10.2. The van der Waals surface area contributed by atoms with Crippen LogP contribution < -0.4 is 5.32 Å². The first-order valence-electron chi connectivity index (χ1n) is 8.92. The number of nitrogens with one attached hydrogen (secondary N) is 1. The van der Waals surface area contributed by atoms with Crippen LogP contribution in [0, 0.1) is 0 Å². The van der Waals surface area contributed by atoms with Gasteiger partial charge in [0.05, 0.1) is 17.6 Å². The molecule has 0 fully saturated rings. The molecule has 0 aliphatic rings. The SMILES string of the molecule is CCc1nc2ccccc2n1CC(=O)NCC(=O)N(C)Cc1cccnc1. The molecular weight excluding hydrogens is 342 g/mol. The number of aryl methyl sites for hydroxylation is 1. The lowest BCUT2D eigenvalue weighted by Crippen LogP contribution is -2.39. The number of benzene rings is 1. The number of fused-ring (bicyclic) bond motifs is 1.